The van der Waals surface area contributed by atoms with Gasteiger partial charge in [0.05, 0.1) is 6.07 Å². The fraction of sp³-hybridized carbons (Fsp3) is 0.643. The largest absolute Gasteiger partial charge is 0.481 e. The van der Waals surface area contributed by atoms with E-state index in [0.29, 0.717) is 25.7 Å². The molecular weight excluding hydrogens is 246 g/mol. The van der Waals surface area contributed by atoms with Crippen molar-refractivity contribution < 1.29 is 19.4 Å². The van der Waals surface area contributed by atoms with E-state index in [1.165, 1.54) is 0 Å². The summed E-state index contributed by atoms with van der Waals surface area (Å²) in [4.78, 5) is 21.8. The quantitative estimate of drug-likeness (QED) is 0.433. The Hall–Kier alpha value is -2.01. The topological polar surface area (TPSA) is 87.4 Å². The van der Waals surface area contributed by atoms with Crippen LogP contribution in [0.4, 0.5) is 0 Å². The van der Waals surface area contributed by atoms with Crippen LogP contribution < -0.4 is 0 Å². The van der Waals surface area contributed by atoms with Crippen LogP contribution in [0.5, 0.6) is 0 Å². The van der Waals surface area contributed by atoms with Crippen LogP contribution in [0, 0.1) is 23.2 Å². The number of unbranched alkanes of at least 4 members (excludes halogenated alkanes) is 2. The van der Waals surface area contributed by atoms with Crippen LogP contribution in [-0.2, 0) is 14.3 Å². The third kappa shape index (κ3) is 10.8. The highest BCUT2D eigenvalue weighted by Gasteiger charge is 2.19. The Labute approximate surface area is 113 Å². The molecule has 0 fully saturated rings. The lowest BCUT2D eigenvalue weighted by Gasteiger charge is -2.18. The number of carbonyl (C=O) groups is 2. The van der Waals surface area contributed by atoms with Crippen molar-refractivity contribution in [2.45, 2.75) is 58.0 Å². The molecule has 0 aliphatic carbocycles. The summed E-state index contributed by atoms with van der Waals surface area (Å²) in [5, 5.41) is 16.8. The smallest absolute Gasteiger partial charge is 0.307 e. The second kappa shape index (κ2) is 8.99. The molecule has 104 valence electrons. The molecule has 0 saturated carbocycles. The van der Waals surface area contributed by atoms with Gasteiger partial charge in [0, 0.05) is 25.7 Å². The van der Waals surface area contributed by atoms with Crippen LogP contribution in [0.25, 0.3) is 0 Å². The first-order valence-electron chi connectivity index (χ1n) is 6.18. The average molecular weight is 265 g/mol. The van der Waals surface area contributed by atoms with Gasteiger partial charge in [-0.2, -0.15) is 5.26 Å². The Balaban J connectivity index is 3.98. The van der Waals surface area contributed by atoms with Gasteiger partial charge in [-0.15, -0.1) is 0 Å². The van der Waals surface area contributed by atoms with E-state index in [1.807, 2.05) is 6.07 Å². The third-order valence-electron chi connectivity index (χ3n) is 2.14. The maximum Gasteiger partial charge on any atom is 0.307 e. The number of carboxylic acid groups (broad SMARTS) is 1. The third-order valence-corrected chi connectivity index (χ3v) is 2.14. The summed E-state index contributed by atoms with van der Waals surface area (Å²) in [6.45, 7) is 3.36. The average Bonchev–Trinajstić information content (AvgIpc) is 2.29. The van der Waals surface area contributed by atoms with Crippen molar-refractivity contribution in [1.82, 2.24) is 0 Å². The van der Waals surface area contributed by atoms with Crippen LogP contribution in [0.15, 0.2) is 0 Å². The van der Waals surface area contributed by atoms with Gasteiger partial charge >= 0.3 is 11.9 Å². The molecule has 0 aromatic rings. The number of carbonyl (C=O) groups excluding carboxylic acids is 1. The molecule has 0 radical (unpaired) electrons. The van der Waals surface area contributed by atoms with Crippen LogP contribution in [-0.4, -0.2) is 22.6 Å². The fourth-order valence-electron chi connectivity index (χ4n) is 1.30. The molecule has 0 unspecified atom stereocenters. The summed E-state index contributed by atoms with van der Waals surface area (Å²) in [7, 11) is 0. The minimum Gasteiger partial charge on any atom is -0.481 e. The summed E-state index contributed by atoms with van der Waals surface area (Å²) in [6.07, 6.45) is 2.01. The lowest BCUT2D eigenvalue weighted by Crippen LogP contribution is -2.26. The van der Waals surface area contributed by atoms with E-state index in [2.05, 4.69) is 11.8 Å². The van der Waals surface area contributed by atoms with Crippen LogP contribution in [0.2, 0.25) is 0 Å². The number of aliphatic carboxylic acids is 1. The number of esters is 1. The first-order valence-corrected chi connectivity index (χ1v) is 6.18. The number of hydrogen-bond acceptors (Lipinski definition) is 4. The number of ether oxygens (including phenoxy) is 1. The maximum absolute atomic E-state index is 11.5. The van der Waals surface area contributed by atoms with Crippen LogP contribution >= 0.6 is 0 Å². The van der Waals surface area contributed by atoms with Gasteiger partial charge in [0.1, 0.15) is 0 Å². The van der Waals surface area contributed by atoms with Gasteiger partial charge in [-0.25, -0.2) is 0 Å². The van der Waals surface area contributed by atoms with Crippen molar-refractivity contribution in [2.24, 2.45) is 0 Å². The molecule has 0 aromatic heterocycles. The zero-order chi connectivity index (χ0) is 14.7. The van der Waals surface area contributed by atoms with Crippen LogP contribution in [0.3, 0.4) is 0 Å². The van der Waals surface area contributed by atoms with E-state index >= 15 is 0 Å². The number of rotatable bonds is 7. The van der Waals surface area contributed by atoms with Crippen molar-refractivity contribution in [2.75, 3.05) is 0 Å². The first kappa shape index (κ1) is 17.0. The monoisotopic (exact) mass is 265 g/mol. The molecule has 5 heteroatoms. The van der Waals surface area contributed by atoms with E-state index in [-0.39, 0.29) is 18.8 Å². The minimum atomic E-state index is -0.876. The normalized spacial score (nSPS) is 9.95. The second-order valence-electron chi connectivity index (χ2n) is 4.55. The van der Waals surface area contributed by atoms with Gasteiger partial charge in [0.2, 0.25) is 0 Å². The molecule has 0 atom stereocenters. The lowest BCUT2D eigenvalue weighted by atomic mass is 10.1. The maximum atomic E-state index is 11.5. The molecule has 0 aromatic carbocycles. The van der Waals surface area contributed by atoms with Crippen molar-refractivity contribution in [3.8, 4) is 17.9 Å². The molecule has 0 rings (SSSR count). The number of nitrogens with zero attached hydrogens (tertiary/aromatic N) is 1. The second-order valence-corrected chi connectivity index (χ2v) is 4.55. The fourth-order valence-corrected chi connectivity index (χ4v) is 1.30. The Bertz CT molecular complexity index is 409. The summed E-state index contributed by atoms with van der Waals surface area (Å²) in [5.74, 6) is 4.33. The molecule has 0 aliphatic rings. The van der Waals surface area contributed by atoms with E-state index < -0.39 is 11.6 Å². The van der Waals surface area contributed by atoms with Crippen LogP contribution in [0.1, 0.15) is 52.4 Å². The van der Waals surface area contributed by atoms with Gasteiger partial charge < -0.3 is 9.84 Å². The van der Waals surface area contributed by atoms with Crippen molar-refractivity contribution >= 4 is 11.9 Å². The number of carboxylic acids is 1. The molecule has 0 bridgehead atoms. The lowest BCUT2D eigenvalue weighted by molar-refractivity contribution is -0.152. The predicted molar refractivity (Wildman–Crippen MR) is 68.9 cm³/mol. The molecule has 1 N–H and O–H groups in total. The summed E-state index contributed by atoms with van der Waals surface area (Å²) < 4.78 is 5.18. The molecule has 19 heavy (non-hydrogen) atoms. The zero-order valence-electron chi connectivity index (χ0n) is 11.4. The number of nitriles is 1. The van der Waals surface area contributed by atoms with Crippen molar-refractivity contribution in [1.29, 1.82) is 5.26 Å². The SMILES string of the molecule is CC(C)(C#CCCC#N)OC(=O)CCCCC(=O)O. The van der Waals surface area contributed by atoms with E-state index in [9.17, 15) is 9.59 Å². The summed E-state index contributed by atoms with van der Waals surface area (Å²) in [6, 6.07) is 1.98. The highest BCUT2D eigenvalue weighted by molar-refractivity contribution is 5.70. The van der Waals surface area contributed by atoms with Gasteiger partial charge in [-0.1, -0.05) is 11.8 Å². The minimum absolute atomic E-state index is 0.0602. The molecule has 0 heterocycles. The van der Waals surface area contributed by atoms with Gasteiger partial charge in [0.15, 0.2) is 5.60 Å². The molecule has 0 aliphatic heterocycles. The van der Waals surface area contributed by atoms with Crippen molar-refractivity contribution in [3.05, 3.63) is 0 Å². The molecule has 0 spiro atoms. The van der Waals surface area contributed by atoms with E-state index in [4.69, 9.17) is 15.1 Å². The molecule has 5 nitrogen and oxygen atoms in total. The Morgan fingerprint density at radius 2 is 1.84 bits per heavy atom. The van der Waals surface area contributed by atoms with Crippen molar-refractivity contribution in [3.63, 3.8) is 0 Å². The van der Waals surface area contributed by atoms with Gasteiger partial charge in [-0.05, 0) is 26.7 Å². The number of hydrogen-bond donors (Lipinski definition) is 1. The summed E-state index contributed by atoms with van der Waals surface area (Å²) in [5.41, 5.74) is -0.876. The Kier molecular flexibility index (Phi) is 8.04. The molecule has 0 amide bonds. The summed E-state index contributed by atoms with van der Waals surface area (Å²) >= 11 is 0. The molecular formula is C14H19NO4. The predicted octanol–water partition coefficient (Wildman–Crippen LogP) is 2.26. The highest BCUT2D eigenvalue weighted by atomic mass is 16.6. The Morgan fingerprint density at radius 3 is 2.42 bits per heavy atom. The van der Waals surface area contributed by atoms with Gasteiger partial charge in [0.25, 0.3) is 0 Å². The highest BCUT2D eigenvalue weighted by Crippen LogP contribution is 2.11. The Morgan fingerprint density at radius 1 is 1.21 bits per heavy atom. The first-order chi connectivity index (χ1) is 8.87. The molecule has 0 saturated heterocycles. The van der Waals surface area contributed by atoms with E-state index in [0.717, 1.165) is 0 Å². The van der Waals surface area contributed by atoms with Gasteiger partial charge in [-0.3, -0.25) is 9.59 Å². The zero-order valence-corrected chi connectivity index (χ0v) is 11.4. The standard InChI is InChI=1S/C14H19NO4/c1-14(2,10-6-3-7-11-15)19-13(18)9-5-4-8-12(16)17/h3-5,7-9H2,1-2H3,(H,16,17). The van der Waals surface area contributed by atoms with E-state index in [1.54, 1.807) is 13.8 Å².